The molecule has 1 aliphatic carbocycles. The standard InChI is InChI=1S/C23H28F4N4O2S/c1-12(2)31-17-8-13(22(32)29-23(3)6-7-34-11-23)4-5-14(17)19(30-31)15-9-18(28-10-16(15)24)33-21(27)20(25)26/h9-10,12-13,20-21H,4-8,11H2,1-3H3,(H,29,32). The summed E-state index contributed by atoms with van der Waals surface area (Å²) < 4.78 is 59.5. The van der Waals surface area contributed by atoms with E-state index in [0.29, 0.717) is 25.0 Å². The molecule has 1 saturated heterocycles. The number of amides is 1. The summed E-state index contributed by atoms with van der Waals surface area (Å²) in [6.07, 6.45) is -2.93. The van der Waals surface area contributed by atoms with E-state index in [1.165, 1.54) is 0 Å². The highest BCUT2D eigenvalue weighted by Gasteiger charge is 2.36. The Bertz CT molecular complexity index is 1060. The molecule has 6 nitrogen and oxygen atoms in total. The molecule has 0 radical (unpaired) electrons. The van der Waals surface area contributed by atoms with Crippen LogP contribution in [0, 0.1) is 11.7 Å². The van der Waals surface area contributed by atoms with Crippen LogP contribution in [-0.2, 0) is 17.6 Å². The number of thioether (sulfide) groups is 1. The number of nitrogens with zero attached hydrogens (tertiary/aromatic N) is 3. The molecule has 0 spiro atoms. The number of carbonyl (C=O) groups excluding carboxylic acids is 1. The predicted molar refractivity (Wildman–Crippen MR) is 121 cm³/mol. The normalized spacial score (nSPS) is 23.3. The van der Waals surface area contributed by atoms with Crippen LogP contribution in [0.2, 0.25) is 0 Å². The molecule has 11 heteroatoms. The van der Waals surface area contributed by atoms with Gasteiger partial charge in [-0.15, -0.1) is 0 Å². The first-order chi connectivity index (χ1) is 16.1. The average Bonchev–Trinajstić information content (AvgIpc) is 3.38. The van der Waals surface area contributed by atoms with Gasteiger partial charge in [0.15, 0.2) is 5.82 Å². The van der Waals surface area contributed by atoms with Crippen molar-refractivity contribution in [2.75, 3.05) is 11.5 Å². The molecule has 3 unspecified atom stereocenters. The lowest BCUT2D eigenvalue weighted by Gasteiger charge is -2.30. The minimum atomic E-state index is -3.35. The maximum atomic E-state index is 14.7. The van der Waals surface area contributed by atoms with Crippen LogP contribution in [0.5, 0.6) is 5.88 Å². The van der Waals surface area contributed by atoms with E-state index >= 15 is 0 Å². The number of ether oxygens (including phenoxy) is 1. The van der Waals surface area contributed by atoms with Gasteiger partial charge in [0.25, 0.3) is 6.36 Å². The number of carbonyl (C=O) groups is 1. The first-order valence-electron chi connectivity index (χ1n) is 11.3. The highest BCUT2D eigenvalue weighted by atomic mass is 32.2. The van der Waals surface area contributed by atoms with Crippen molar-refractivity contribution in [2.45, 2.75) is 70.8 Å². The second-order valence-corrected chi connectivity index (χ2v) is 10.5. The number of rotatable bonds is 7. The molecule has 34 heavy (non-hydrogen) atoms. The summed E-state index contributed by atoms with van der Waals surface area (Å²) in [7, 11) is 0. The van der Waals surface area contributed by atoms with Crippen LogP contribution in [0.25, 0.3) is 11.3 Å². The monoisotopic (exact) mass is 500 g/mol. The van der Waals surface area contributed by atoms with Crippen molar-refractivity contribution in [3.05, 3.63) is 29.3 Å². The molecule has 2 aromatic heterocycles. The van der Waals surface area contributed by atoms with Crippen molar-refractivity contribution in [3.8, 4) is 17.1 Å². The molecule has 2 aliphatic rings. The van der Waals surface area contributed by atoms with Gasteiger partial charge in [-0.1, -0.05) is 0 Å². The third kappa shape index (κ3) is 5.04. The minimum absolute atomic E-state index is 0.000472. The minimum Gasteiger partial charge on any atom is -0.437 e. The summed E-state index contributed by atoms with van der Waals surface area (Å²) in [6, 6.07) is 1.04. The van der Waals surface area contributed by atoms with Crippen molar-refractivity contribution < 1.29 is 27.1 Å². The van der Waals surface area contributed by atoms with Crippen molar-refractivity contribution >= 4 is 17.7 Å². The summed E-state index contributed by atoms with van der Waals surface area (Å²) >= 11 is 1.83. The Labute approximate surface area is 199 Å². The molecule has 0 saturated carbocycles. The number of pyridine rings is 1. The molecule has 1 aliphatic heterocycles. The van der Waals surface area contributed by atoms with E-state index in [4.69, 9.17) is 0 Å². The first-order valence-corrected chi connectivity index (χ1v) is 12.5. The molecule has 1 N–H and O–H groups in total. The number of nitrogens with one attached hydrogen (secondary N) is 1. The van der Waals surface area contributed by atoms with Gasteiger partial charge in [-0.3, -0.25) is 9.48 Å². The van der Waals surface area contributed by atoms with Crippen LogP contribution in [0.3, 0.4) is 0 Å². The Morgan fingerprint density at radius 3 is 2.76 bits per heavy atom. The van der Waals surface area contributed by atoms with Crippen LogP contribution in [0.1, 0.15) is 50.9 Å². The Balaban J connectivity index is 1.63. The van der Waals surface area contributed by atoms with E-state index in [9.17, 15) is 22.4 Å². The number of aromatic nitrogens is 3. The number of hydrogen-bond donors (Lipinski definition) is 1. The Hall–Kier alpha value is -2.30. The smallest absolute Gasteiger partial charge is 0.304 e. The van der Waals surface area contributed by atoms with Gasteiger partial charge in [0.05, 0.1) is 11.9 Å². The van der Waals surface area contributed by atoms with Crippen molar-refractivity contribution in [3.63, 3.8) is 0 Å². The largest absolute Gasteiger partial charge is 0.437 e. The van der Waals surface area contributed by atoms with E-state index in [0.717, 1.165) is 41.4 Å². The summed E-state index contributed by atoms with van der Waals surface area (Å²) in [5, 5.41) is 7.82. The maximum absolute atomic E-state index is 14.7. The predicted octanol–water partition coefficient (Wildman–Crippen LogP) is 4.72. The molecule has 186 valence electrons. The fourth-order valence-corrected chi connectivity index (χ4v) is 5.91. The Morgan fingerprint density at radius 1 is 1.35 bits per heavy atom. The highest BCUT2D eigenvalue weighted by Crippen LogP contribution is 2.37. The van der Waals surface area contributed by atoms with Gasteiger partial charge in [-0.2, -0.15) is 21.3 Å². The molecule has 3 atom stereocenters. The first kappa shape index (κ1) is 24.8. The maximum Gasteiger partial charge on any atom is 0.304 e. The van der Waals surface area contributed by atoms with Crippen LogP contribution in [0.15, 0.2) is 12.3 Å². The molecule has 4 rings (SSSR count). The fraction of sp³-hybridized carbons (Fsp3) is 0.609. The summed E-state index contributed by atoms with van der Waals surface area (Å²) in [4.78, 5) is 16.6. The quantitative estimate of drug-likeness (QED) is 0.557. The molecule has 3 heterocycles. The fourth-order valence-electron chi connectivity index (χ4n) is 4.50. The molecular formula is C23H28F4N4O2S. The van der Waals surface area contributed by atoms with Gasteiger partial charge in [-0.05, 0) is 45.8 Å². The van der Waals surface area contributed by atoms with Crippen molar-refractivity contribution in [2.24, 2.45) is 5.92 Å². The zero-order valence-electron chi connectivity index (χ0n) is 19.3. The van der Waals surface area contributed by atoms with Crippen molar-refractivity contribution in [1.82, 2.24) is 20.1 Å². The molecule has 2 aromatic rings. The SMILES string of the molecule is CC(C)n1nc(-c2cc(OC(F)C(F)F)ncc2F)c2c1CC(C(=O)NC1(C)CCSC1)CC2. The summed E-state index contributed by atoms with van der Waals surface area (Å²) in [5.41, 5.74) is 1.77. The van der Waals surface area contributed by atoms with Gasteiger partial charge < -0.3 is 10.1 Å². The second-order valence-electron chi connectivity index (χ2n) is 9.41. The van der Waals surface area contributed by atoms with Crippen LogP contribution >= 0.6 is 11.8 Å². The van der Waals surface area contributed by atoms with Crippen molar-refractivity contribution in [1.29, 1.82) is 0 Å². The number of halogens is 4. The third-order valence-corrected chi connectivity index (χ3v) is 7.66. The van der Waals surface area contributed by atoms with E-state index in [-0.39, 0.29) is 29.0 Å². The van der Waals surface area contributed by atoms with E-state index in [1.807, 2.05) is 25.6 Å². The van der Waals surface area contributed by atoms with Crippen LogP contribution < -0.4 is 10.1 Å². The lowest BCUT2D eigenvalue weighted by atomic mass is 9.84. The number of hydrogen-bond acceptors (Lipinski definition) is 5. The number of alkyl halides is 3. The lowest BCUT2D eigenvalue weighted by Crippen LogP contribution is -2.49. The molecule has 0 aromatic carbocycles. The third-order valence-electron chi connectivity index (χ3n) is 6.32. The van der Waals surface area contributed by atoms with Crippen LogP contribution in [-0.4, -0.2) is 50.5 Å². The van der Waals surface area contributed by atoms with E-state index in [1.54, 1.807) is 4.68 Å². The average molecular weight is 501 g/mol. The van der Waals surface area contributed by atoms with Gasteiger partial charge in [0.2, 0.25) is 11.8 Å². The second kappa shape index (κ2) is 9.75. The van der Waals surface area contributed by atoms with Crippen LogP contribution in [0.4, 0.5) is 17.6 Å². The number of fused-ring (bicyclic) bond motifs is 1. The van der Waals surface area contributed by atoms with Gasteiger partial charge in [0.1, 0.15) is 0 Å². The summed E-state index contributed by atoms with van der Waals surface area (Å²) in [6.45, 7) is 5.94. The van der Waals surface area contributed by atoms with E-state index in [2.05, 4.69) is 27.1 Å². The van der Waals surface area contributed by atoms with E-state index < -0.39 is 24.5 Å². The lowest BCUT2D eigenvalue weighted by molar-refractivity contribution is -0.126. The topological polar surface area (TPSA) is 69.0 Å². The zero-order valence-corrected chi connectivity index (χ0v) is 20.1. The van der Waals surface area contributed by atoms with Gasteiger partial charge in [0, 0.05) is 52.6 Å². The Kier molecular flexibility index (Phi) is 7.12. The molecule has 0 bridgehead atoms. The molecule has 1 fully saturated rings. The molecule has 1 amide bonds. The zero-order chi connectivity index (χ0) is 24.6. The van der Waals surface area contributed by atoms with Gasteiger partial charge in [-0.25, -0.2) is 18.2 Å². The molecular weight excluding hydrogens is 472 g/mol. The summed E-state index contributed by atoms with van der Waals surface area (Å²) in [5.74, 6) is 0.535. The van der Waals surface area contributed by atoms with Gasteiger partial charge >= 0.3 is 6.43 Å². The highest BCUT2D eigenvalue weighted by molar-refractivity contribution is 7.99. The Morgan fingerprint density at radius 2 is 2.12 bits per heavy atom.